The molecule has 0 saturated carbocycles. The van der Waals surface area contributed by atoms with Crippen LogP contribution >= 0.6 is 0 Å². The SMILES string of the molecule is CC(C)(C)c1cc2c(c(C(C)(C)C)c1)C(C)(C)c1ccc(-n3c4ccccc4c4cc(-c5ccc6c(c5)c5ccccc5n6-c5ccccc5)ccc43)cc1-2. The molecular weight excluding hydrogens is 665 g/mol. The first-order chi connectivity index (χ1) is 26.3. The molecule has 0 N–H and O–H groups in total. The number of para-hydroxylation sites is 3. The fourth-order valence-electron chi connectivity index (χ4n) is 9.56. The standard InChI is InChI=1S/C53H48N2/c1-51(2,3)35-30-43-40-32-37(24-25-44(40)53(7,8)50(43)45(31-35)52(4,5)6)55-47-21-15-13-19-39(47)42-29-34(23-27-49(42)55)33-22-26-48-41(28-33)38-18-12-14-20-46(38)54(48)36-16-10-9-11-17-36/h9-32H,1-8H3. The molecule has 0 bridgehead atoms. The second kappa shape index (κ2) is 11.6. The molecule has 2 aromatic heterocycles. The van der Waals surface area contributed by atoms with Gasteiger partial charge in [-0.15, -0.1) is 0 Å². The van der Waals surface area contributed by atoms with Crippen molar-refractivity contribution in [2.24, 2.45) is 0 Å². The first-order valence-corrected chi connectivity index (χ1v) is 19.8. The lowest BCUT2D eigenvalue weighted by Crippen LogP contribution is -2.24. The third-order valence-corrected chi connectivity index (χ3v) is 12.4. The number of aromatic nitrogens is 2. The number of benzene rings is 7. The summed E-state index contributed by atoms with van der Waals surface area (Å²) >= 11 is 0. The predicted molar refractivity (Wildman–Crippen MR) is 236 cm³/mol. The summed E-state index contributed by atoms with van der Waals surface area (Å²) in [6.45, 7) is 19.0. The van der Waals surface area contributed by atoms with Crippen molar-refractivity contribution in [3.05, 3.63) is 168 Å². The molecule has 2 nitrogen and oxygen atoms in total. The zero-order valence-corrected chi connectivity index (χ0v) is 33.3. The van der Waals surface area contributed by atoms with Crippen LogP contribution in [-0.4, -0.2) is 9.13 Å². The lowest BCUT2D eigenvalue weighted by atomic mass is 9.71. The molecule has 2 heteroatoms. The van der Waals surface area contributed by atoms with Crippen molar-refractivity contribution in [3.63, 3.8) is 0 Å². The van der Waals surface area contributed by atoms with Crippen molar-refractivity contribution in [2.45, 2.75) is 71.6 Å². The molecule has 0 spiro atoms. The Balaban J connectivity index is 1.15. The van der Waals surface area contributed by atoms with E-state index in [1.807, 2.05) is 0 Å². The largest absolute Gasteiger partial charge is 0.309 e. The summed E-state index contributed by atoms with van der Waals surface area (Å²) in [5.41, 5.74) is 18.2. The smallest absolute Gasteiger partial charge is 0.0541 e. The fraction of sp³-hybridized carbons (Fsp3) is 0.208. The highest BCUT2D eigenvalue weighted by molar-refractivity contribution is 6.12. The van der Waals surface area contributed by atoms with Crippen molar-refractivity contribution in [1.29, 1.82) is 0 Å². The molecule has 1 aliphatic rings. The molecule has 0 atom stereocenters. The minimum Gasteiger partial charge on any atom is -0.309 e. The second-order valence-electron chi connectivity index (χ2n) is 18.3. The van der Waals surface area contributed by atoms with Crippen molar-refractivity contribution in [2.75, 3.05) is 0 Å². The number of fused-ring (bicyclic) bond motifs is 9. The number of nitrogens with zero attached hydrogens (tertiary/aromatic N) is 2. The van der Waals surface area contributed by atoms with Gasteiger partial charge >= 0.3 is 0 Å². The summed E-state index contributed by atoms with van der Waals surface area (Å²) in [5.74, 6) is 0. The molecule has 0 radical (unpaired) electrons. The van der Waals surface area contributed by atoms with Gasteiger partial charge in [-0.25, -0.2) is 0 Å². The van der Waals surface area contributed by atoms with E-state index in [0.29, 0.717) is 0 Å². The molecule has 7 aromatic carbocycles. The summed E-state index contributed by atoms with van der Waals surface area (Å²) < 4.78 is 4.87. The van der Waals surface area contributed by atoms with E-state index < -0.39 is 0 Å². The highest BCUT2D eigenvalue weighted by atomic mass is 15.0. The zero-order valence-electron chi connectivity index (χ0n) is 33.3. The maximum absolute atomic E-state index is 2.50. The number of rotatable bonds is 3. The van der Waals surface area contributed by atoms with E-state index in [-0.39, 0.29) is 16.2 Å². The van der Waals surface area contributed by atoms with Crippen LogP contribution in [0.2, 0.25) is 0 Å². The lowest BCUT2D eigenvalue weighted by Gasteiger charge is -2.32. The molecule has 10 rings (SSSR count). The van der Waals surface area contributed by atoms with Gasteiger partial charge in [0.15, 0.2) is 0 Å². The van der Waals surface area contributed by atoms with Gasteiger partial charge in [0.05, 0.1) is 22.1 Å². The Morgan fingerprint density at radius 2 is 0.945 bits per heavy atom. The van der Waals surface area contributed by atoms with Gasteiger partial charge in [-0.3, -0.25) is 0 Å². The first-order valence-electron chi connectivity index (χ1n) is 19.8. The minimum atomic E-state index is -0.0908. The van der Waals surface area contributed by atoms with E-state index in [0.717, 1.165) is 0 Å². The van der Waals surface area contributed by atoms with Crippen molar-refractivity contribution >= 4 is 43.6 Å². The molecule has 1 aliphatic carbocycles. The molecule has 0 aliphatic heterocycles. The molecule has 55 heavy (non-hydrogen) atoms. The van der Waals surface area contributed by atoms with Crippen LogP contribution in [0.1, 0.15) is 77.6 Å². The molecule has 0 fully saturated rings. The maximum Gasteiger partial charge on any atom is 0.0541 e. The topological polar surface area (TPSA) is 9.86 Å². The third-order valence-electron chi connectivity index (χ3n) is 12.4. The quantitative estimate of drug-likeness (QED) is 0.173. The molecular formula is C53H48N2. The zero-order chi connectivity index (χ0) is 38.0. The molecule has 9 aromatic rings. The van der Waals surface area contributed by atoms with E-state index >= 15 is 0 Å². The van der Waals surface area contributed by atoms with Crippen molar-refractivity contribution in [1.82, 2.24) is 9.13 Å². The van der Waals surface area contributed by atoms with Crippen LogP contribution in [0.15, 0.2) is 146 Å². The summed E-state index contributed by atoms with van der Waals surface area (Å²) in [4.78, 5) is 0. The van der Waals surface area contributed by atoms with E-state index in [1.165, 1.54) is 99.5 Å². The van der Waals surface area contributed by atoms with Crippen molar-refractivity contribution in [3.8, 4) is 33.6 Å². The van der Waals surface area contributed by atoms with Crippen LogP contribution in [0.4, 0.5) is 0 Å². The van der Waals surface area contributed by atoms with E-state index in [1.54, 1.807) is 0 Å². The second-order valence-corrected chi connectivity index (χ2v) is 18.3. The number of hydrogen-bond donors (Lipinski definition) is 0. The molecule has 270 valence electrons. The monoisotopic (exact) mass is 712 g/mol. The third kappa shape index (κ3) is 5.00. The van der Waals surface area contributed by atoms with Gasteiger partial charge in [0.2, 0.25) is 0 Å². The Bertz CT molecular complexity index is 3010. The van der Waals surface area contributed by atoms with Gasteiger partial charge in [-0.05, 0) is 116 Å². The van der Waals surface area contributed by atoms with Gasteiger partial charge in [0.1, 0.15) is 0 Å². The lowest BCUT2D eigenvalue weighted by molar-refractivity contribution is 0.545. The van der Waals surface area contributed by atoms with Crippen LogP contribution in [0.5, 0.6) is 0 Å². The average molecular weight is 713 g/mol. The number of hydrogen-bond acceptors (Lipinski definition) is 0. The average Bonchev–Trinajstić information content (AvgIpc) is 3.76. The highest BCUT2D eigenvalue weighted by Crippen LogP contribution is 2.54. The molecule has 0 amide bonds. The van der Waals surface area contributed by atoms with Gasteiger partial charge in [-0.1, -0.05) is 140 Å². The van der Waals surface area contributed by atoms with Gasteiger partial charge in [0.25, 0.3) is 0 Å². The summed E-state index contributed by atoms with van der Waals surface area (Å²) in [7, 11) is 0. The van der Waals surface area contributed by atoms with Gasteiger partial charge in [0, 0.05) is 38.3 Å². The van der Waals surface area contributed by atoms with E-state index in [9.17, 15) is 0 Å². The molecule has 0 unspecified atom stereocenters. The van der Waals surface area contributed by atoms with Crippen LogP contribution in [0.25, 0.3) is 77.2 Å². The summed E-state index contributed by atoms with van der Waals surface area (Å²) in [6.07, 6.45) is 0. The maximum atomic E-state index is 2.50. The van der Waals surface area contributed by atoms with Crippen LogP contribution in [-0.2, 0) is 16.2 Å². The van der Waals surface area contributed by atoms with Crippen molar-refractivity contribution < 1.29 is 0 Å². The molecule has 2 heterocycles. The Hall–Kier alpha value is -5.86. The fourth-order valence-corrected chi connectivity index (χ4v) is 9.56. The van der Waals surface area contributed by atoms with Crippen LogP contribution < -0.4 is 0 Å². The Kier molecular flexibility index (Phi) is 7.09. The van der Waals surface area contributed by atoms with E-state index in [4.69, 9.17) is 0 Å². The Morgan fingerprint density at radius 1 is 0.418 bits per heavy atom. The highest BCUT2D eigenvalue weighted by Gasteiger charge is 2.40. The first kappa shape index (κ1) is 33.7. The Labute approximate surface area is 324 Å². The predicted octanol–water partition coefficient (Wildman–Crippen LogP) is 14.4. The van der Waals surface area contributed by atoms with Gasteiger partial charge < -0.3 is 9.13 Å². The summed E-state index contributed by atoms with van der Waals surface area (Å²) in [5, 5.41) is 5.08. The van der Waals surface area contributed by atoms with E-state index in [2.05, 4.69) is 210 Å². The Morgan fingerprint density at radius 3 is 1.51 bits per heavy atom. The summed E-state index contributed by atoms with van der Waals surface area (Å²) in [6, 6.07) is 54.6. The van der Waals surface area contributed by atoms with Gasteiger partial charge in [-0.2, -0.15) is 0 Å². The van der Waals surface area contributed by atoms with Crippen LogP contribution in [0.3, 0.4) is 0 Å². The van der Waals surface area contributed by atoms with Crippen LogP contribution in [0, 0.1) is 0 Å². The molecule has 0 saturated heterocycles. The normalized spacial score (nSPS) is 14.0. The minimum absolute atomic E-state index is 0.0293.